The quantitative estimate of drug-likeness (QED) is 0.670. The first-order chi connectivity index (χ1) is 14.6. The molecule has 1 aliphatic heterocycles. The van der Waals surface area contributed by atoms with Crippen molar-refractivity contribution in [3.8, 4) is 11.3 Å². The fraction of sp³-hybridized carbons (Fsp3) is 0.182. The lowest BCUT2D eigenvalue weighted by Crippen LogP contribution is -2.36. The van der Waals surface area contributed by atoms with Crippen molar-refractivity contribution in [2.24, 2.45) is 0 Å². The zero-order valence-corrected chi connectivity index (χ0v) is 17.1. The lowest BCUT2D eigenvalue weighted by atomic mass is 10.1. The number of amides is 3. The van der Waals surface area contributed by atoms with E-state index in [0.717, 1.165) is 5.56 Å². The van der Waals surface area contributed by atoms with Crippen LogP contribution in [-0.2, 0) is 4.79 Å². The highest BCUT2D eigenvalue weighted by molar-refractivity contribution is 6.30. The Hall–Kier alpha value is -3.45. The number of carbonyl (C=O) groups excluding carboxylic acids is 2. The Bertz CT molecular complexity index is 1090. The molecular weight excluding hydrogens is 402 g/mol. The number of hydrogen-bond acceptors (Lipinski definition) is 4. The lowest BCUT2D eigenvalue weighted by Gasteiger charge is -2.24. The summed E-state index contributed by atoms with van der Waals surface area (Å²) in [5.41, 5.74) is 2.09. The van der Waals surface area contributed by atoms with E-state index in [9.17, 15) is 9.59 Å². The number of anilines is 3. The molecule has 0 saturated heterocycles. The minimum absolute atomic E-state index is 0.0517. The number of halogens is 1. The van der Waals surface area contributed by atoms with Gasteiger partial charge in [-0.15, -0.1) is 0 Å². The summed E-state index contributed by atoms with van der Waals surface area (Å²) in [6, 6.07) is 15.9. The molecular formula is C22H20ClN5O2. The van der Waals surface area contributed by atoms with Crippen LogP contribution in [-0.4, -0.2) is 35.0 Å². The van der Waals surface area contributed by atoms with Crippen molar-refractivity contribution in [2.45, 2.75) is 13.3 Å². The van der Waals surface area contributed by atoms with Crippen LogP contribution >= 0.6 is 11.6 Å². The maximum atomic E-state index is 13.1. The Morgan fingerprint density at radius 1 is 1.17 bits per heavy atom. The van der Waals surface area contributed by atoms with Gasteiger partial charge in [0.15, 0.2) is 5.82 Å². The van der Waals surface area contributed by atoms with E-state index in [4.69, 9.17) is 16.6 Å². The number of nitrogens with one attached hydrogen (secondary N) is 1. The molecule has 7 nitrogen and oxygen atoms in total. The van der Waals surface area contributed by atoms with Crippen molar-refractivity contribution >= 4 is 40.9 Å². The van der Waals surface area contributed by atoms with Crippen LogP contribution in [0.5, 0.6) is 0 Å². The molecule has 0 bridgehead atoms. The van der Waals surface area contributed by atoms with Crippen LogP contribution in [0.15, 0.2) is 60.8 Å². The highest BCUT2D eigenvalue weighted by Gasteiger charge is 2.30. The van der Waals surface area contributed by atoms with E-state index in [2.05, 4.69) is 10.3 Å². The molecule has 3 aromatic rings. The van der Waals surface area contributed by atoms with Crippen LogP contribution in [0.25, 0.3) is 11.3 Å². The molecule has 0 radical (unpaired) electrons. The average Bonchev–Trinajstić information content (AvgIpc) is 2.89. The molecule has 4 rings (SSSR count). The number of carbonyl (C=O) groups is 2. The Balaban J connectivity index is 1.77. The molecule has 0 atom stereocenters. The number of benzene rings is 1. The smallest absolute Gasteiger partial charge is 0.309 e. The van der Waals surface area contributed by atoms with Gasteiger partial charge in [-0.2, -0.15) is 0 Å². The fourth-order valence-corrected chi connectivity index (χ4v) is 3.59. The van der Waals surface area contributed by atoms with Gasteiger partial charge in [0.1, 0.15) is 5.82 Å². The number of nitrogens with zero attached hydrogens (tertiary/aromatic N) is 4. The van der Waals surface area contributed by atoms with E-state index in [1.807, 2.05) is 37.3 Å². The van der Waals surface area contributed by atoms with Crippen LogP contribution in [0.4, 0.5) is 22.1 Å². The zero-order valence-electron chi connectivity index (χ0n) is 16.4. The first kappa shape index (κ1) is 19.8. The first-order valence-corrected chi connectivity index (χ1v) is 10.0. The van der Waals surface area contributed by atoms with Crippen LogP contribution in [0, 0.1) is 0 Å². The molecule has 8 heteroatoms. The van der Waals surface area contributed by atoms with Gasteiger partial charge in [-0.05, 0) is 43.3 Å². The van der Waals surface area contributed by atoms with Crippen molar-refractivity contribution in [3.63, 3.8) is 0 Å². The van der Waals surface area contributed by atoms with Gasteiger partial charge in [-0.25, -0.2) is 14.8 Å². The second kappa shape index (κ2) is 8.51. The Kier molecular flexibility index (Phi) is 5.63. The van der Waals surface area contributed by atoms with Crippen LogP contribution < -0.4 is 15.1 Å². The molecule has 0 fully saturated rings. The lowest BCUT2D eigenvalue weighted by molar-refractivity contribution is -0.118. The fourth-order valence-electron chi connectivity index (χ4n) is 3.40. The predicted molar refractivity (Wildman–Crippen MR) is 118 cm³/mol. The normalized spacial score (nSPS) is 13.6. The van der Waals surface area contributed by atoms with Crippen LogP contribution in [0.2, 0.25) is 5.02 Å². The summed E-state index contributed by atoms with van der Waals surface area (Å²) in [5.74, 6) is 0.802. The van der Waals surface area contributed by atoms with Crippen molar-refractivity contribution < 1.29 is 9.59 Å². The highest BCUT2D eigenvalue weighted by Crippen LogP contribution is 2.34. The summed E-state index contributed by atoms with van der Waals surface area (Å²) in [5, 5.41) is 3.38. The molecule has 0 unspecified atom stereocenters. The Morgan fingerprint density at radius 3 is 2.77 bits per heavy atom. The summed E-state index contributed by atoms with van der Waals surface area (Å²) in [6.45, 7) is 2.60. The minimum atomic E-state index is -0.392. The van der Waals surface area contributed by atoms with Crippen molar-refractivity contribution in [1.82, 2.24) is 9.97 Å². The van der Waals surface area contributed by atoms with E-state index < -0.39 is 6.03 Å². The monoisotopic (exact) mass is 421 g/mol. The van der Waals surface area contributed by atoms with Gasteiger partial charge in [0, 0.05) is 36.3 Å². The second-order valence-corrected chi connectivity index (χ2v) is 7.17. The van der Waals surface area contributed by atoms with Gasteiger partial charge >= 0.3 is 6.03 Å². The molecule has 0 aliphatic carbocycles. The van der Waals surface area contributed by atoms with Gasteiger partial charge in [-0.1, -0.05) is 29.8 Å². The molecule has 1 N–H and O–H groups in total. The molecule has 2 aromatic heterocycles. The maximum absolute atomic E-state index is 13.1. The second-order valence-electron chi connectivity index (χ2n) is 6.73. The summed E-state index contributed by atoms with van der Waals surface area (Å²) < 4.78 is 0. The van der Waals surface area contributed by atoms with E-state index >= 15 is 0 Å². The summed E-state index contributed by atoms with van der Waals surface area (Å²) in [6.07, 6.45) is 1.80. The van der Waals surface area contributed by atoms with E-state index in [1.54, 1.807) is 35.4 Å². The Morgan fingerprint density at radius 2 is 2.03 bits per heavy atom. The molecule has 3 amide bonds. The third-order valence-corrected chi connectivity index (χ3v) is 5.07. The standard InChI is InChI=1S/C22H20ClN5O2/c1-2-27-18-10-9-17(15-6-5-7-16(23)14-15)25-21(18)28(13-11-20(27)29)22(30)26-19-8-3-4-12-24-19/h3-10,12,14H,2,11,13H2,1H3,(H,24,26,30). The van der Waals surface area contributed by atoms with E-state index in [0.29, 0.717) is 34.6 Å². The molecule has 30 heavy (non-hydrogen) atoms. The molecule has 0 spiro atoms. The number of rotatable bonds is 3. The SMILES string of the molecule is CCN1C(=O)CCN(C(=O)Nc2ccccn2)c2nc(-c3cccc(Cl)c3)ccc21. The van der Waals surface area contributed by atoms with E-state index in [-0.39, 0.29) is 18.9 Å². The molecule has 0 saturated carbocycles. The maximum Gasteiger partial charge on any atom is 0.328 e. The molecule has 3 heterocycles. The number of urea groups is 1. The third-order valence-electron chi connectivity index (χ3n) is 4.83. The van der Waals surface area contributed by atoms with Crippen LogP contribution in [0.3, 0.4) is 0 Å². The largest absolute Gasteiger partial charge is 0.328 e. The van der Waals surface area contributed by atoms with Crippen molar-refractivity contribution in [3.05, 3.63) is 65.8 Å². The molecule has 1 aromatic carbocycles. The summed E-state index contributed by atoms with van der Waals surface area (Å²) in [4.78, 5) is 37.8. The minimum Gasteiger partial charge on any atom is -0.309 e. The Labute approximate surface area is 179 Å². The van der Waals surface area contributed by atoms with Crippen LogP contribution in [0.1, 0.15) is 13.3 Å². The predicted octanol–water partition coefficient (Wildman–Crippen LogP) is 4.59. The van der Waals surface area contributed by atoms with Gasteiger partial charge in [-0.3, -0.25) is 15.0 Å². The number of aromatic nitrogens is 2. The average molecular weight is 422 g/mol. The number of hydrogen-bond donors (Lipinski definition) is 1. The van der Waals surface area contributed by atoms with Gasteiger partial charge in [0.2, 0.25) is 5.91 Å². The molecule has 1 aliphatic rings. The van der Waals surface area contributed by atoms with Crippen molar-refractivity contribution in [2.75, 3.05) is 28.2 Å². The number of pyridine rings is 2. The van der Waals surface area contributed by atoms with Gasteiger partial charge in [0.05, 0.1) is 11.4 Å². The van der Waals surface area contributed by atoms with Gasteiger partial charge < -0.3 is 4.90 Å². The third kappa shape index (κ3) is 3.97. The first-order valence-electron chi connectivity index (χ1n) is 9.63. The zero-order chi connectivity index (χ0) is 21.1. The number of fused-ring (bicyclic) bond motifs is 1. The van der Waals surface area contributed by atoms with Gasteiger partial charge in [0.25, 0.3) is 0 Å². The van der Waals surface area contributed by atoms with Crippen molar-refractivity contribution in [1.29, 1.82) is 0 Å². The topological polar surface area (TPSA) is 78.4 Å². The summed E-state index contributed by atoms with van der Waals surface area (Å²) >= 11 is 6.14. The highest BCUT2D eigenvalue weighted by atomic mass is 35.5. The summed E-state index contributed by atoms with van der Waals surface area (Å²) in [7, 11) is 0. The van der Waals surface area contributed by atoms with E-state index in [1.165, 1.54) is 4.90 Å². The molecule has 152 valence electrons.